The summed E-state index contributed by atoms with van der Waals surface area (Å²) in [6.07, 6.45) is 0. The molecule has 0 radical (unpaired) electrons. The molecule has 0 saturated carbocycles. The molecule has 17 heavy (non-hydrogen) atoms. The minimum atomic E-state index is 0.365. The summed E-state index contributed by atoms with van der Waals surface area (Å²) >= 11 is 11.2. The smallest absolute Gasteiger partial charge is 0.0417 e. The summed E-state index contributed by atoms with van der Waals surface area (Å²) in [5, 5.41) is 8.53. The fourth-order valence-electron chi connectivity index (χ4n) is 1.57. The lowest BCUT2D eigenvalue weighted by Crippen LogP contribution is -2.17. The third kappa shape index (κ3) is 3.55. The fraction of sp³-hybridized carbons (Fsp3) is 0.231. The Bertz CT molecular complexity index is 484. The molecule has 0 amide bonds. The Kier molecular flexibility index (Phi) is 4.62. The van der Waals surface area contributed by atoms with Crippen molar-refractivity contribution >= 4 is 38.9 Å². The first-order valence-electron chi connectivity index (χ1n) is 5.36. The van der Waals surface area contributed by atoms with Gasteiger partial charge in [0.1, 0.15) is 0 Å². The molecule has 1 aromatic carbocycles. The molecule has 1 unspecified atom stereocenters. The van der Waals surface area contributed by atoms with Gasteiger partial charge in [-0.25, -0.2) is 0 Å². The fourth-order valence-corrected chi connectivity index (χ4v) is 3.14. The third-order valence-corrected chi connectivity index (χ3v) is 4.33. The highest BCUT2D eigenvalue weighted by Crippen LogP contribution is 2.22. The number of benzene rings is 1. The van der Waals surface area contributed by atoms with Crippen molar-refractivity contribution in [3.05, 3.63) is 55.6 Å². The Balaban J connectivity index is 1.98. The van der Waals surface area contributed by atoms with E-state index in [2.05, 4.69) is 45.0 Å². The van der Waals surface area contributed by atoms with E-state index < -0.39 is 0 Å². The molecule has 4 heteroatoms. The normalized spacial score (nSPS) is 12.6. The second kappa shape index (κ2) is 6.01. The zero-order valence-electron chi connectivity index (χ0n) is 9.41. The minimum absolute atomic E-state index is 0.365. The summed E-state index contributed by atoms with van der Waals surface area (Å²) in [6, 6.07) is 8.40. The summed E-state index contributed by atoms with van der Waals surface area (Å²) in [5.41, 5.74) is 2.55. The standard InChI is InChI=1S/C13H13BrClNS/c1-9(11-4-5-17-8-11)16-7-10-2-3-12(15)6-13(10)14/h2-6,8-9,16H,7H2,1H3. The summed E-state index contributed by atoms with van der Waals surface area (Å²) in [7, 11) is 0. The number of rotatable bonds is 4. The number of halogens is 2. The lowest BCUT2D eigenvalue weighted by atomic mass is 10.1. The van der Waals surface area contributed by atoms with Crippen molar-refractivity contribution in [2.45, 2.75) is 19.5 Å². The Labute approximate surface area is 119 Å². The summed E-state index contributed by atoms with van der Waals surface area (Å²) in [6.45, 7) is 3.00. The van der Waals surface area contributed by atoms with E-state index in [0.29, 0.717) is 6.04 Å². The lowest BCUT2D eigenvalue weighted by molar-refractivity contribution is 0.575. The number of hydrogen-bond acceptors (Lipinski definition) is 2. The van der Waals surface area contributed by atoms with E-state index in [4.69, 9.17) is 11.6 Å². The highest BCUT2D eigenvalue weighted by Gasteiger charge is 2.06. The Morgan fingerprint density at radius 1 is 1.41 bits per heavy atom. The first-order valence-corrected chi connectivity index (χ1v) is 7.47. The van der Waals surface area contributed by atoms with Crippen LogP contribution in [0.1, 0.15) is 24.1 Å². The van der Waals surface area contributed by atoms with Crippen LogP contribution in [0.3, 0.4) is 0 Å². The molecule has 0 aliphatic heterocycles. The van der Waals surface area contributed by atoms with Crippen molar-refractivity contribution in [2.75, 3.05) is 0 Å². The van der Waals surface area contributed by atoms with Gasteiger partial charge in [-0.1, -0.05) is 33.6 Å². The van der Waals surface area contributed by atoms with Crippen LogP contribution >= 0.6 is 38.9 Å². The highest BCUT2D eigenvalue weighted by molar-refractivity contribution is 9.10. The average molecular weight is 331 g/mol. The van der Waals surface area contributed by atoms with Crippen LogP contribution in [0.15, 0.2) is 39.5 Å². The van der Waals surface area contributed by atoms with E-state index in [1.807, 2.05) is 18.2 Å². The van der Waals surface area contributed by atoms with E-state index in [0.717, 1.165) is 16.0 Å². The minimum Gasteiger partial charge on any atom is -0.306 e. The maximum absolute atomic E-state index is 5.91. The summed E-state index contributed by atoms with van der Waals surface area (Å²) < 4.78 is 1.05. The quantitative estimate of drug-likeness (QED) is 0.830. The van der Waals surface area contributed by atoms with E-state index >= 15 is 0 Å². The van der Waals surface area contributed by atoms with Crippen LogP contribution in [-0.2, 0) is 6.54 Å². The lowest BCUT2D eigenvalue weighted by Gasteiger charge is -2.13. The molecule has 0 aliphatic rings. The van der Waals surface area contributed by atoms with Gasteiger partial charge in [0.05, 0.1) is 0 Å². The molecule has 0 fully saturated rings. The highest BCUT2D eigenvalue weighted by atomic mass is 79.9. The summed E-state index contributed by atoms with van der Waals surface area (Å²) in [4.78, 5) is 0. The van der Waals surface area contributed by atoms with Crippen molar-refractivity contribution in [3.63, 3.8) is 0 Å². The van der Waals surface area contributed by atoms with Crippen LogP contribution < -0.4 is 5.32 Å². The van der Waals surface area contributed by atoms with E-state index in [9.17, 15) is 0 Å². The Morgan fingerprint density at radius 2 is 2.24 bits per heavy atom. The van der Waals surface area contributed by atoms with Gasteiger partial charge in [-0.2, -0.15) is 11.3 Å². The SMILES string of the molecule is CC(NCc1ccc(Cl)cc1Br)c1ccsc1. The molecular weight excluding hydrogens is 318 g/mol. The van der Waals surface area contributed by atoms with Gasteiger partial charge in [0.25, 0.3) is 0 Å². The second-order valence-electron chi connectivity index (χ2n) is 3.90. The molecule has 0 saturated heterocycles. The topological polar surface area (TPSA) is 12.0 Å². The second-order valence-corrected chi connectivity index (χ2v) is 5.97. The Morgan fingerprint density at radius 3 is 2.88 bits per heavy atom. The van der Waals surface area contributed by atoms with Gasteiger partial charge in [-0.15, -0.1) is 0 Å². The zero-order chi connectivity index (χ0) is 12.3. The molecule has 0 bridgehead atoms. The van der Waals surface area contributed by atoms with Gasteiger partial charge in [0, 0.05) is 22.1 Å². The van der Waals surface area contributed by atoms with Gasteiger partial charge in [-0.3, -0.25) is 0 Å². The number of nitrogens with one attached hydrogen (secondary N) is 1. The molecule has 1 aromatic heterocycles. The molecule has 1 atom stereocenters. The van der Waals surface area contributed by atoms with Crippen molar-refractivity contribution in [2.24, 2.45) is 0 Å². The van der Waals surface area contributed by atoms with E-state index in [1.165, 1.54) is 11.1 Å². The molecule has 1 nitrogen and oxygen atoms in total. The molecule has 2 aromatic rings. The van der Waals surface area contributed by atoms with Crippen molar-refractivity contribution in [1.82, 2.24) is 5.32 Å². The Hall–Kier alpha value is -0.350. The zero-order valence-corrected chi connectivity index (χ0v) is 12.6. The number of thiophene rings is 1. The van der Waals surface area contributed by atoms with E-state index in [1.54, 1.807) is 11.3 Å². The first-order chi connectivity index (χ1) is 8.16. The van der Waals surface area contributed by atoms with Gasteiger partial charge >= 0.3 is 0 Å². The van der Waals surface area contributed by atoms with Crippen molar-refractivity contribution in [3.8, 4) is 0 Å². The third-order valence-electron chi connectivity index (χ3n) is 2.66. The monoisotopic (exact) mass is 329 g/mol. The van der Waals surface area contributed by atoms with Crippen LogP contribution in [0.5, 0.6) is 0 Å². The largest absolute Gasteiger partial charge is 0.306 e. The molecule has 2 rings (SSSR count). The van der Waals surface area contributed by atoms with Crippen LogP contribution in [0.2, 0.25) is 5.02 Å². The van der Waals surface area contributed by atoms with Gasteiger partial charge < -0.3 is 5.32 Å². The van der Waals surface area contributed by atoms with Gasteiger partial charge in [0.15, 0.2) is 0 Å². The molecule has 0 spiro atoms. The van der Waals surface area contributed by atoms with Crippen LogP contribution in [0.25, 0.3) is 0 Å². The van der Waals surface area contributed by atoms with Crippen LogP contribution in [0.4, 0.5) is 0 Å². The molecule has 1 heterocycles. The van der Waals surface area contributed by atoms with Crippen molar-refractivity contribution in [1.29, 1.82) is 0 Å². The van der Waals surface area contributed by atoms with E-state index in [-0.39, 0.29) is 0 Å². The van der Waals surface area contributed by atoms with Crippen LogP contribution in [0, 0.1) is 0 Å². The summed E-state index contributed by atoms with van der Waals surface area (Å²) in [5.74, 6) is 0. The van der Waals surface area contributed by atoms with Crippen molar-refractivity contribution < 1.29 is 0 Å². The van der Waals surface area contributed by atoms with Crippen LogP contribution in [-0.4, -0.2) is 0 Å². The number of hydrogen-bond donors (Lipinski definition) is 1. The maximum Gasteiger partial charge on any atom is 0.0417 e. The van der Waals surface area contributed by atoms with Gasteiger partial charge in [-0.05, 0) is 47.0 Å². The molecule has 0 aliphatic carbocycles. The first kappa shape index (κ1) is 13.1. The van der Waals surface area contributed by atoms with Gasteiger partial charge in [0.2, 0.25) is 0 Å². The molecule has 90 valence electrons. The average Bonchev–Trinajstić information content (AvgIpc) is 2.81. The predicted molar refractivity (Wildman–Crippen MR) is 78.7 cm³/mol. The molecule has 1 N–H and O–H groups in total. The maximum atomic E-state index is 5.91. The predicted octanol–water partition coefficient (Wildman–Crippen LogP) is 5.01. The molecular formula is C13H13BrClNS.